The SMILES string of the molecule is N#CC(C#N)=C1C2=CC3c4ccc(-c5ccc(C(F)(F)F)cc5)cc4C(=C(C#N)C#N)C3C=C2c2ccc(-c3ccc(C(F)(F)F)cc3)cc21. The van der Waals surface area contributed by atoms with Gasteiger partial charge in [-0.1, -0.05) is 60.7 Å². The molecule has 4 nitrogen and oxygen atoms in total. The van der Waals surface area contributed by atoms with E-state index in [1.54, 1.807) is 36.4 Å². The van der Waals surface area contributed by atoms with Crippen LogP contribution in [0.1, 0.15) is 39.3 Å². The Morgan fingerprint density at radius 3 is 1.44 bits per heavy atom. The van der Waals surface area contributed by atoms with E-state index >= 15 is 0 Å². The molecular formula is C40H18F6N4. The first-order valence-corrected chi connectivity index (χ1v) is 15.1. The van der Waals surface area contributed by atoms with Gasteiger partial charge in [-0.05, 0) is 97.6 Å². The van der Waals surface area contributed by atoms with Gasteiger partial charge < -0.3 is 0 Å². The van der Waals surface area contributed by atoms with Crippen LogP contribution in [0.2, 0.25) is 0 Å². The maximum atomic E-state index is 13.2. The second-order valence-electron chi connectivity index (χ2n) is 11.9. The van der Waals surface area contributed by atoms with E-state index in [-0.39, 0.29) is 11.1 Å². The Morgan fingerprint density at radius 2 is 0.940 bits per heavy atom. The van der Waals surface area contributed by atoms with Gasteiger partial charge in [0.2, 0.25) is 0 Å². The standard InChI is InChI=1S/C40H18F6N4/c41-39(42,43)27-7-1-21(2-8-27)23-5-11-29-31-15-36-32(16-35(31)37(33(29)13-23)25(17-47)18-48)30-12-6-24(14-34(30)38(36)26(19-49)20-50)22-3-9-28(10-4-22)40(44,45)46/h1-16,31,35H. The number of halogens is 6. The summed E-state index contributed by atoms with van der Waals surface area (Å²) in [5, 5.41) is 40.0. The van der Waals surface area contributed by atoms with Crippen molar-refractivity contribution in [3.63, 3.8) is 0 Å². The van der Waals surface area contributed by atoms with E-state index in [1.807, 2.05) is 36.4 Å². The Morgan fingerprint density at radius 1 is 0.480 bits per heavy atom. The predicted molar refractivity (Wildman–Crippen MR) is 172 cm³/mol. The number of allylic oxidation sites excluding steroid dienone is 8. The summed E-state index contributed by atoms with van der Waals surface area (Å²) in [4.78, 5) is 0. The highest BCUT2D eigenvalue weighted by molar-refractivity contribution is 6.12. The number of hydrogen-bond donors (Lipinski definition) is 0. The van der Waals surface area contributed by atoms with Gasteiger partial charge in [-0.3, -0.25) is 0 Å². The second kappa shape index (κ2) is 11.5. The topological polar surface area (TPSA) is 95.2 Å². The van der Waals surface area contributed by atoms with E-state index in [9.17, 15) is 47.4 Å². The zero-order chi connectivity index (χ0) is 35.5. The fourth-order valence-electron chi connectivity index (χ4n) is 7.05. The van der Waals surface area contributed by atoms with Crippen molar-refractivity contribution in [3.8, 4) is 46.5 Å². The van der Waals surface area contributed by atoms with Gasteiger partial charge in [-0.25, -0.2) is 0 Å². The number of benzene rings is 4. The van der Waals surface area contributed by atoms with Gasteiger partial charge in [0.15, 0.2) is 0 Å². The molecule has 0 bridgehead atoms. The molecule has 4 aromatic rings. The van der Waals surface area contributed by atoms with E-state index < -0.39 is 35.3 Å². The lowest BCUT2D eigenvalue weighted by Crippen LogP contribution is -2.09. The molecule has 0 aliphatic heterocycles. The molecular weight excluding hydrogens is 650 g/mol. The molecule has 4 aromatic carbocycles. The predicted octanol–water partition coefficient (Wildman–Crippen LogP) is 10.4. The van der Waals surface area contributed by atoms with E-state index in [0.29, 0.717) is 61.2 Å². The molecule has 2 atom stereocenters. The van der Waals surface area contributed by atoms with Gasteiger partial charge in [-0.2, -0.15) is 47.4 Å². The molecule has 2 unspecified atom stereocenters. The minimum Gasteiger partial charge on any atom is -0.192 e. The maximum Gasteiger partial charge on any atom is 0.416 e. The summed E-state index contributed by atoms with van der Waals surface area (Å²) in [6, 6.07) is 27.8. The molecule has 0 spiro atoms. The van der Waals surface area contributed by atoms with Crippen molar-refractivity contribution in [3.05, 3.63) is 147 Å². The zero-order valence-corrected chi connectivity index (χ0v) is 25.4. The molecule has 0 heterocycles. The van der Waals surface area contributed by atoms with Crippen LogP contribution in [0.4, 0.5) is 26.3 Å². The van der Waals surface area contributed by atoms with Crippen LogP contribution in [-0.2, 0) is 12.4 Å². The minimum absolute atomic E-state index is 0.126. The van der Waals surface area contributed by atoms with Gasteiger partial charge in [-0.15, -0.1) is 0 Å². The molecule has 0 saturated carbocycles. The monoisotopic (exact) mass is 668 g/mol. The molecule has 3 aliphatic carbocycles. The first kappa shape index (κ1) is 32.0. The van der Waals surface area contributed by atoms with Crippen LogP contribution >= 0.6 is 0 Å². The number of hydrogen-bond acceptors (Lipinski definition) is 4. The van der Waals surface area contributed by atoms with E-state index in [4.69, 9.17) is 0 Å². The highest BCUT2D eigenvalue weighted by Gasteiger charge is 2.43. The Hall–Kier alpha value is -6.62. The molecule has 0 radical (unpaired) electrons. The van der Waals surface area contributed by atoms with Crippen molar-refractivity contribution in [2.75, 3.05) is 0 Å². The van der Waals surface area contributed by atoms with Gasteiger partial charge in [0.25, 0.3) is 0 Å². The van der Waals surface area contributed by atoms with Crippen molar-refractivity contribution in [1.82, 2.24) is 0 Å². The first-order valence-electron chi connectivity index (χ1n) is 15.1. The summed E-state index contributed by atoms with van der Waals surface area (Å²) in [5.41, 5.74) is 4.93. The smallest absolute Gasteiger partial charge is 0.192 e. The van der Waals surface area contributed by atoms with Crippen molar-refractivity contribution in [1.29, 1.82) is 21.0 Å². The lowest BCUT2D eigenvalue weighted by molar-refractivity contribution is -0.138. The van der Waals surface area contributed by atoms with Crippen LogP contribution in [0, 0.1) is 51.2 Å². The summed E-state index contributed by atoms with van der Waals surface area (Å²) >= 11 is 0. The Kier molecular flexibility index (Phi) is 7.36. The summed E-state index contributed by atoms with van der Waals surface area (Å²) in [5.74, 6) is -0.926. The lowest BCUT2D eigenvalue weighted by atomic mass is 9.79. The number of alkyl halides is 6. The normalized spacial score (nSPS) is 17.1. The summed E-state index contributed by atoms with van der Waals surface area (Å²) in [6.07, 6.45) is -5.20. The Balaban J connectivity index is 1.38. The van der Waals surface area contributed by atoms with Crippen LogP contribution in [0.5, 0.6) is 0 Å². The largest absolute Gasteiger partial charge is 0.416 e. The molecule has 0 fully saturated rings. The van der Waals surface area contributed by atoms with Gasteiger partial charge in [0.05, 0.1) is 11.1 Å². The molecule has 10 heteroatoms. The number of nitrogens with zero attached hydrogens (tertiary/aromatic N) is 4. The van der Waals surface area contributed by atoms with Gasteiger partial charge in [0, 0.05) is 17.4 Å². The summed E-state index contributed by atoms with van der Waals surface area (Å²) in [6.45, 7) is 0. The van der Waals surface area contributed by atoms with Crippen molar-refractivity contribution in [2.24, 2.45) is 5.92 Å². The maximum absolute atomic E-state index is 13.2. The Labute approximate surface area is 281 Å². The van der Waals surface area contributed by atoms with Crippen LogP contribution in [0.25, 0.3) is 39.0 Å². The molecule has 0 amide bonds. The highest BCUT2D eigenvalue weighted by atomic mass is 19.4. The average Bonchev–Trinajstić information content (AvgIpc) is 3.59. The van der Waals surface area contributed by atoms with Crippen molar-refractivity contribution >= 4 is 16.7 Å². The molecule has 7 rings (SSSR count). The van der Waals surface area contributed by atoms with E-state index in [2.05, 4.69) is 0 Å². The number of nitriles is 4. The van der Waals surface area contributed by atoms with Gasteiger partial charge in [0.1, 0.15) is 35.4 Å². The third-order valence-electron chi connectivity index (χ3n) is 9.31. The van der Waals surface area contributed by atoms with E-state index in [0.717, 1.165) is 29.8 Å². The summed E-state index contributed by atoms with van der Waals surface area (Å²) in [7, 11) is 0. The quantitative estimate of drug-likeness (QED) is 0.157. The molecule has 50 heavy (non-hydrogen) atoms. The minimum atomic E-state index is -4.50. The molecule has 0 N–H and O–H groups in total. The number of rotatable bonds is 2. The summed E-state index contributed by atoms with van der Waals surface area (Å²) < 4.78 is 79.2. The molecule has 3 aliphatic rings. The average molecular weight is 669 g/mol. The first-order chi connectivity index (χ1) is 23.9. The Bertz CT molecular complexity index is 2400. The fraction of sp³-hybridized carbons (Fsp3) is 0.100. The fourth-order valence-corrected chi connectivity index (χ4v) is 7.05. The molecule has 0 aromatic heterocycles. The molecule has 0 saturated heterocycles. The molecule has 240 valence electrons. The van der Waals surface area contributed by atoms with Crippen LogP contribution in [0.15, 0.2) is 114 Å². The van der Waals surface area contributed by atoms with Crippen LogP contribution in [-0.4, -0.2) is 0 Å². The lowest BCUT2D eigenvalue weighted by Gasteiger charge is -2.23. The third-order valence-corrected chi connectivity index (χ3v) is 9.31. The van der Waals surface area contributed by atoms with Crippen LogP contribution in [0.3, 0.4) is 0 Å². The van der Waals surface area contributed by atoms with Crippen molar-refractivity contribution in [2.45, 2.75) is 18.3 Å². The van der Waals surface area contributed by atoms with E-state index in [1.165, 1.54) is 24.3 Å². The van der Waals surface area contributed by atoms with Crippen molar-refractivity contribution < 1.29 is 26.3 Å². The highest BCUT2D eigenvalue weighted by Crippen LogP contribution is 2.58. The number of fused-ring (bicyclic) bond motifs is 6. The van der Waals surface area contributed by atoms with Gasteiger partial charge >= 0.3 is 12.4 Å². The van der Waals surface area contributed by atoms with Crippen LogP contribution < -0.4 is 0 Å². The second-order valence-corrected chi connectivity index (χ2v) is 11.9. The zero-order valence-electron chi connectivity index (χ0n) is 25.4. The third kappa shape index (κ3) is 5.07.